The molecule has 0 amide bonds. The molecule has 6 heavy (non-hydrogen) atoms. The maximum Gasteiger partial charge on any atom is 0.0433 e. The Morgan fingerprint density at radius 2 is 2.67 bits per heavy atom. The lowest BCUT2D eigenvalue weighted by molar-refractivity contribution is -0.0762. The van der Waals surface area contributed by atoms with Crippen molar-refractivity contribution in [3.8, 4) is 0 Å². The van der Waals surface area contributed by atoms with Crippen molar-refractivity contribution in [2.24, 2.45) is 0 Å². The molecule has 1 heterocycles. The van der Waals surface area contributed by atoms with Crippen molar-refractivity contribution in [1.29, 1.82) is 0 Å². The monoisotopic (exact) mass is 86.0 g/mol. The van der Waals surface area contributed by atoms with Crippen LogP contribution in [-0.2, 0) is 0 Å². The molecular weight excluding hydrogens is 80.0 g/mol. The van der Waals surface area contributed by atoms with Crippen molar-refractivity contribution < 1.29 is 5.21 Å². The Kier molecular flexibility index (Phi) is 0.777. The zero-order valence-corrected chi connectivity index (χ0v) is 3.26. The molecule has 1 aliphatic heterocycles. The number of hydrazine groups is 1. The Morgan fingerprint density at radius 1 is 1.83 bits per heavy atom. The first-order valence-electron chi connectivity index (χ1n) is 1.78. The lowest BCUT2D eigenvalue weighted by Crippen LogP contribution is -2.24. The van der Waals surface area contributed by atoms with E-state index in [1.807, 2.05) is 6.08 Å². The SMILES string of the molecule is ON1C=CCN1. The Hall–Kier alpha value is -0.540. The van der Waals surface area contributed by atoms with E-state index in [0.29, 0.717) is 0 Å². The van der Waals surface area contributed by atoms with Crippen LogP contribution in [0.4, 0.5) is 0 Å². The fourth-order valence-corrected chi connectivity index (χ4v) is 0.351. The van der Waals surface area contributed by atoms with Gasteiger partial charge in [0.2, 0.25) is 0 Å². The largest absolute Gasteiger partial charge is 0.273 e. The van der Waals surface area contributed by atoms with Crippen LogP contribution in [0.3, 0.4) is 0 Å². The van der Waals surface area contributed by atoms with E-state index in [0.717, 1.165) is 11.7 Å². The van der Waals surface area contributed by atoms with Crippen molar-refractivity contribution >= 4 is 0 Å². The van der Waals surface area contributed by atoms with Gasteiger partial charge in [-0.3, -0.25) is 5.21 Å². The van der Waals surface area contributed by atoms with Gasteiger partial charge in [-0.1, -0.05) is 0 Å². The molecule has 2 N–H and O–H groups in total. The van der Waals surface area contributed by atoms with E-state index >= 15 is 0 Å². The van der Waals surface area contributed by atoms with Crippen LogP contribution in [-0.4, -0.2) is 16.9 Å². The molecule has 0 aromatic carbocycles. The van der Waals surface area contributed by atoms with E-state index in [9.17, 15) is 0 Å². The summed E-state index contributed by atoms with van der Waals surface area (Å²) in [6.45, 7) is 0.733. The summed E-state index contributed by atoms with van der Waals surface area (Å²) in [5.41, 5.74) is 2.60. The number of hydrogen-bond acceptors (Lipinski definition) is 3. The second kappa shape index (κ2) is 1.28. The molecule has 0 atom stereocenters. The summed E-state index contributed by atoms with van der Waals surface area (Å²) in [7, 11) is 0. The third-order valence-corrected chi connectivity index (χ3v) is 0.618. The summed E-state index contributed by atoms with van der Waals surface area (Å²) < 4.78 is 0. The predicted molar refractivity (Wildman–Crippen MR) is 20.8 cm³/mol. The Morgan fingerprint density at radius 3 is 2.83 bits per heavy atom. The summed E-state index contributed by atoms with van der Waals surface area (Å²) in [6.07, 6.45) is 3.38. The molecule has 0 fully saturated rings. The van der Waals surface area contributed by atoms with Gasteiger partial charge < -0.3 is 0 Å². The van der Waals surface area contributed by atoms with Gasteiger partial charge in [0, 0.05) is 12.7 Å². The third kappa shape index (κ3) is 0.502. The predicted octanol–water partition coefficient (Wildman–Crippen LogP) is -0.291. The molecule has 0 radical (unpaired) electrons. The lowest BCUT2D eigenvalue weighted by atomic mass is 10.7. The van der Waals surface area contributed by atoms with Crippen molar-refractivity contribution in [3.63, 3.8) is 0 Å². The summed E-state index contributed by atoms with van der Waals surface area (Å²) >= 11 is 0. The number of nitrogens with one attached hydrogen (secondary N) is 1. The second-order valence-corrected chi connectivity index (χ2v) is 1.09. The molecule has 0 aliphatic carbocycles. The minimum atomic E-state index is 0.733. The van der Waals surface area contributed by atoms with Gasteiger partial charge in [-0.15, -0.1) is 0 Å². The van der Waals surface area contributed by atoms with Crippen LogP contribution in [0.25, 0.3) is 0 Å². The van der Waals surface area contributed by atoms with Gasteiger partial charge in [-0.25, -0.2) is 5.43 Å². The molecule has 0 saturated carbocycles. The number of rotatable bonds is 0. The number of hydroxylamine groups is 1. The normalized spacial score (nSPS) is 19.8. The zero-order valence-electron chi connectivity index (χ0n) is 3.26. The van der Waals surface area contributed by atoms with Crippen LogP contribution >= 0.6 is 0 Å². The second-order valence-electron chi connectivity index (χ2n) is 1.09. The summed E-state index contributed by atoms with van der Waals surface area (Å²) in [6, 6.07) is 0. The van der Waals surface area contributed by atoms with Crippen LogP contribution in [0.15, 0.2) is 12.3 Å². The highest BCUT2D eigenvalue weighted by molar-refractivity contribution is 4.84. The van der Waals surface area contributed by atoms with Crippen molar-refractivity contribution in [2.75, 3.05) is 6.54 Å². The van der Waals surface area contributed by atoms with E-state index in [1.165, 1.54) is 0 Å². The molecule has 34 valence electrons. The Balaban J connectivity index is 2.38. The van der Waals surface area contributed by atoms with Gasteiger partial charge in [-0.2, -0.15) is 5.17 Å². The van der Waals surface area contributed by atoms with Gasteiger partial charge in [0.05, 0.1) is 0 Å². The van der Waals surface area contributed by atoms with Crippen LogP contribution in [0.5, 0.6) is 0 Å². The van der Waals surface area contributed by atoms with Crippen molar-refractivity contribution in [3.05, 3.63) is 12.3 Å². The minimum Gasteiger partial charge on any atom is -0.273 e. The molecule has 0 spiro atoms. The molecule has 3 nitrogen and oxygen atoms in total. The number of hydrogen-bond donors (Lipinski definition) is 2. The van der Waals surface area contributed by atoms with Crippen molar-refractivity contribution in [2.45, 2.75) is 0 Å². The summed E-state index contributed by atoms with van der Waals surface area (Å²) in [5, 5.41) is 9.30. The maximum atomic E-state index is 8.36. The maximum absolute atomic E-state index is 8.36. The van der Waals surface area contributed by atoms with Gasteiger partial charge in [0.15, 0.2) is 0 Å². The van der Waals surface area contributed by atoms with Crippen LogP contribution in [0.1, 0.15) is 0 Å². The first kappa shape index (κ1) is 3.64. The average molecular weight is 86.1 g/mol. The van der Waals surface area contributed by atoms with E-state index in [4.69, 9.17) is 5.21 Å². The van der Waals surface area contributed by atoms with E-state index in [1.54, 1.807) is 6.20 Å². The third-order valence-electron chi connectivity index (χ3n) is 0.618. The molecular formula is C3H6N2O. The first-order valence-corrected chi connectivity index (χ1v) is 1.78. The molecule has 0 aromatic heterocycles. The molecule has 1 aliphatic rings. The minimum absolute atomic E-state index is 0.733. The van der Waals surface area contributed by atoms with Gasteiger partial charge in [0.25, 0.3) is 0 Å². The number of nitrogens with zero attached hydrogens (tertiary/aromatic N) is 1. The molecule has 0 aromatic rings. The summed E-state index contributed by atoms with van der Waals surface area (Å²) in [5.74, 6) is 0. The highest BCUT2D eigenvalue weighted by Gasteiger charge is 1.92. The van der Waals surface area contributed by atoms with E-state index < -0.39 is 0 Å². The molecule has 0 unspecified atom stereocenters. The van der Waals surface area contributed by atoms with Gasteiger partial charge in [-0.05, 0) is 6.08 Å². The topological polar surface area (TPSA) is 35.5 Å². The molecule has 0 saturated heterocycles. The lowest BCUT2D eigenvalue weighted by Gasteiger charge is -2.01. The van der Waals surface area contributed by atoms with Crippen molar-refractivity contribution in [1.82, 2.24) is 10.6 Å². The van der Waals surface area contributed by atoms with Crippen LogP contribution in [0.2, 0.25) is 0 Å². The smallest absolute Gasteiger partial charge is 0.0433 e. The van der Waals surface area contributed by atoms with Gasteiger partial charge in [0.1, 0.15) is 0 Å². The molecule has 3 heteroatoms. The van der Waals surface area contributed by atoms with Crippen LogP contribution in [0, 0.1) is 0 Å². The Bertz CT molecular complexity index is 71.2. The fourth-order valence-electron chi connectivity index (χ4n) is 0.351. The van der Waals surface area contributed by atoms with E-state index in [2.05, 4.69) is 5.43 Å². The Labute approximate surface area is 35.8 Å². The highest BCUT2D eigenvalue weighted by atomic mass is 16.5. The fraction of sp³-hybridized carbons (Fsp3) is 0.333. The molecule has 1 rings (SSSR count). The van der Waals surface area contributed by atoms with Gasteiger partial charge >= 0.3 is 0 Å². The quantitative estimate of drug-likeness (QED) is 0.425. The molecule has 0 bridgehead atoms. The van der Waals surface area contributed by atoms with Crippen LogP contribution < -0.4 is 5.43 Å². The highest BCUT2D eigenvalue weighted by Crippen LogP contribution is 1.83. The first-order chi connectivity index (χ1) is 2.89. The standard InChI is InChI=1S/C3H6N2O/c6-5-3-1-2-4-5/h1,3-4,6H,2H2. The van der Waals surface area contributed by atoms with E-state index in [-0.39, 0.29) is 0 Å². The summed E-state index contributed by atoms with van der Waals surface area (Å²) in [4.78, 5) is 0. The zero-order chi connectivity index (χ0) is 4.41. The average Bonchev–Trinajstić information content (AvgIpc) is 1.86.